The molecule has 114 valence electrons. The molecule has 4 rings (SSSR count). The normalized spacial score (nSPS) is 27.6. The average molecular weight is 336 g/mol. The minimum atomic E-state index is -0.435. The van der Waals surface area contributed by atoms with Gasteiger partial charge in [0.25, 0.3) is 0 Å². The Morgan fingerprint density at radius 3 is 2.91 bits per heavy atom. The molecular formula is C13H13FN6S2. The number of nitrogens with two attached hydrogens (primary N) is 1. The van der Waals surface area contributed by atoms with Crippen molar-refractivity contribution in [3.05, 3.63) is 35.4 Å². The van der Waals surface area contributed by atoms with Crippen molar-refractivity contribution in [2.45, 2.75) is 5.54 Å². The van der Waals surface area contributed by atoms with E-state index in [4.69, 9.17) is 10.7 Å². The first kappa shape index (κ1) is 13.9. The van der Waals surface area contributed by atoms with Crippen molar-refractivity contribution in [3.63, 3.8) is 0 Å². The minimum Gasteiger partial charge on any atom is -0.379 e. The van der Waals surface area contributed by atoms with Gasteiger partial charge in [-0.2, -0.15) is 0 Å². The Kier molecular flexibility index (Phi) is 3.26. The lowest BCUT2D eigenvalue weighted by atomic mass is 9.87. The molecule has 2 aliphatic rings. The van der Waals surface area contributed by atoms with Gasteiger partial charge in [0.2, 0.25) is 5.95 Å². The zero-order chi connectivity index (χ0) is 15.2. The predicted octanol–water partition coefficient (Wildman–Crippen LogP) is 1.47. The van der Waals surface area contributed by atoms with Gasteiger partial charge in [0.05, 0.1) is 23.8 Å². The van der Waals surface area contributed by atoms with Crippen LogP contribution >= 0.6 is 23.3 Å². The summed E-state index contributed by atoms with van der Waals surface area (Å²) >= 11 is 3.02. The number of anilines is 1. The Morgan fingerprint density at radius 2 is 2.18 bits per heavy atom. The fraction of sp³-hybridized carbons (Fsp3) is 0.385. The summed E-state index contributed by atoms with van der Waals surface area (Å²) in [4.78, 5) is 16.1. The molecular weight excluding hydrogens is 323 g/mol. The standard InChI is InChI=1S/C13H13FN6S2/c14-9-3-16-12(17-4-9)20-5-8-6-21-11(15)19-13(8,7-20)10-1-2-18-22-10/h1-4,8H,5-7H2,(H2,15,19). The number of nitrogens with zero attached hydrogens (tertiary/aromatic N) is 5. The third-order valence-corrected chi connectivity index (χ3v) is 5.91. The van der Waals surface area contributed by atoms with Gasteiger partial charge in [0.1, 0.15) is 5.54 Å². The smallest absolute Gasteiger partial charge is 0.225 e. The van der Waals surface area contributed by atoms with Crippen LogP contribution in [0.15, 0.2) is 29.6 Å². The van der Waals surface area contributed by atoms with Crippen molar-refractivity contribution in [2.75, 3.05) is 23.7 Å². The Morgan fingerprint density at radius 1 is 1.36 bits per heavy atom. The fourth-order valence-electron chi connectivity index (χ4n) is 3.03. The van der Waals surface area contributed by atoms with Gasteiger partial charge >= 0.3 is 0 Å². The number of thioether (sulfide) groups is 1. The molecule has 2 unspecified atom stereocenters. The van der Waals surface area contributed by atoms with Crippen molar-refractivity contribution in [1.29, 1.82) is 0 Å². The van der Waals surface area contributed by atoms with E-state index in [2.05, 4.69) is 14.3 Å². The number of fused-ring (bicyclic) bond motifs is 1. The van der Waals surface area contributed by atoms with Crippen LogP contribution < -0.4 is 10.6 Å². The number of amidine groups is 1. The maximum Gasteiger partial charge on any atom is 0.225 e. The van der Waals surface area contributed by atoms with Crippen molar-refractivity contribution in [2.24, 2.45) is 16.6 Å². The van der Waals surface area contributed by atoms with Crippen LogP contribution in [0.4, 0.5) is 10.3 Å². The van der Waals surface area contributed by atoms with E-state index in [1.807, 2.05) is 11.0 Å². The highest BCUT2D eigenvalue weighted by Crippen LogP contribution is 2.46. The second-order valence-electron chi connectivity index (χ2n) is 5.34. The highest BCUT2D eigenvalue weighted by molar-refractivity contribution is 8.13. The molecule has 0 saturated carbocycles. The maximum atomic E-state index is 13.0. The molecule has 6 nitrogen and oxygen atoms in total. The SMILES string of the molecule is NC1=NC2(c3ccns3)CN(c3ncc(F)cn3)CC2CS1. The molecule has 0 spiro atoms. The molecule has 2 atom stereocenters. The highest BCUT2D eigenvalue weighted by Gasteiger charge is 2.51. The third-order valence-electron chi connectivity index (χ3n) is 4.04. The minimum absolute atomic E-state index is 0.305. The van der Waals surface area contributed by atoms with E-state index in [1.54, 1.807) is 18.0 Å². The van der Waals surface area contributed by atoms with Crippen LogP contribution in [0.5, 0.6) is 0 Å². The lowest BCUT2D eigenvalue weighted by Crippen LogP contribution is -2.39. The van der Waals surface area contributed by atoms with Crippen LogP contribution in [-0.2, 0) is 5.54 Å². The fourth-order valence-corrected chi connectivity index (χ4v) is 4.80. The molecule has 0 bridgehead atoms. The Labute approximate surface area is 134 Å². The Hall–Kier alpha value is -1.74. The van der Waals surface area contributed by atoms with Gasteiger partial charge in [0, 0.05) is 24.4 Å². The van der Waals surface area contributed by atoms with Crippen LogP contribution in [0.2, 0.25) is 0 Å². The topological polar surface area (TPSA) is 80.3 Å². The van der Waals surface area contributed by atoms with Gasteiger partial charge in [-0.15, -0.1) is 0 Å². The van der Waals surface area contributed by atoms with Crippen LogP contribution in [0, 0.1) is 11.7 Å². The first-order valence-electron chi connectivity index (χ1n) is 6.79. The first-order chi connectivity index (χ1) is 10.7. The molecule has 22 heavy (non-hydrogen) atoms. The Bertz CT molecular complexity index is 704. The number of hydrogen-bond acceptors (Lipinski definition) is 8. The molecule has 2 aliphatic heterocycles. The number of aromatic nitrogens is 3. The molecule has 1 fully saturated rings. The van der Waals surface area contributed by atoms with Gasteiger partial charge in [0.15, 0.2) is 11.0 Å². The third kappa shape index (κ3) is 2.15. The Balaban J connectivity index is 1.73. The number of hydrogen-bond donors (Lipinski definition) is 1. The molecule has 9 heteroatoms. The van der Waals surface area contributed by atoms with Gasteiger partial charge < -0.3 is 10.6 Å². The summed E-state index contributed by atoms with van der Waals surface area (Å²) in [6.45, 7) is 1.40. The summed E-state index contributed by atoms with van der Waals surface area (Å²) in [5.41, 5.74) is 5.59. The van der Waals surface area contributed by atoms with E-state index < -0.39 is 11.4 Å². The zero-order valence-electron chi connectivity index (χ0n) is 11.5. The first-order valence-corrected chi connectivity index (χ1v) is 8.55. The van der Waals surface area contributed by atoms with Crippen molar-refractivity contribution in [3.8, 4) is 0 Å². The molecule has 2 aromatic heterocycles. The molecule has 1 saturated heterocycles. The zero-order valence-corrected chi connectivity index (χ0v) is 13.1. The lowest BCUT2D eigenvalue weighted by Gasteiger charge is -2.32. The van der Waals surface area contributed by atoms with E-state index >= 15 is 0 Å². The molecule has 2 N–H and O–H groups in total. The quantitative estimate of drug-likeness (QED) is 0.894. The van der Waals surface area contributed by atoms with Crippen molar-refractivity contribution >= 4 is 34.4 Å². The molecule has 0 amide bonds. The predicted molar refractivity (Wildman–Crippen MR) is 85.6 cm³/mol. The second kappa shape index (κ2) is 5.17. The van der Waals surface area contributed by atoms with Gasteiger partial charge in [-0.1, -0.05) is 11.8 Å². The summed E-state index contributed by atoms with van der Waals surface area (Å²) in [5.74, 6) is 1.29. The van der Waals surface area contributed by atoms with Crippen LogP contribution in [-0.4, -0.2) is 38.4 Å². The highest BCUT2D eigenvalue weighted by atomic mass is 32.2. The van der Waals surface area contributed by atoms with Crippen LogP contribution in [0.3, 0.4) is 0 Å². The number of halogens is 1. The monoisotopic (exact) mass is 336 g/mol. The second-order valence-corrected chi connectivity index (χ2v) is 7.21. The van der Waals surface area contributed by atoms with E-state index in [1.165, 1.54) is 23.9 Å². The molecule has 2 aromatic rings. The van der Waals surface area contributed by atoms with Gasteiger partial charge in [-0.3, -0.25) is 0 Å². The summed E-state index contributed by atoms with van der Waals surface area (Å²) < 4.78 is 17.2. The average Bonchev–Trinajstić information content (AvgIpc) is 3.15. The van der Waals surface area contributed by atoms with E-state index in [9.17, 15) is 4.39 Å². The largest absolute Gasteiger partial charge is 0.379 e. The molecule has 0 aromatic carbocycles. The number of rotatable bonds is 2. The van der Waals surface area contributed by atoms with Gasteiger partial charge in [-0.05, 0) is 17.6 Å². The van der Waals surface area contributed by atoms with Crippen molar-refractivity contribution < 1.29 is 4.39 Å². The number of aliphatic imine (C=N–C) groups is 1. The van der Waals surface area contributed by atoms with E-state index in [-0.39, 0.29) is 0 Å². The maximum absolute atomic E-state index is 13.0. The summed E-state index contributed by atoms with van der Waals surface area (Å²) in [7, 11) is 0. The van der Waals surface area contributed by atoms with Crippen molar-refractivity contribution in [1.82, 2.24) is 14.3 Å². The van der Waals surface area contributed by atoms with E-state index in [0.29, 0.717) is 23.6 Å². The molecule has 4 heterocycles. The molecule has 0 aliphatic carbocycles. The van der Waals surface area contributed by atoms with Crippen LogP contribution in [0.25, 0.3) is 0 Å². The summed E-state index contributed by atoms with van der Waals surface area (Å²) in [6.07, 6.45) is 4.17. The summed E-state index contributed by atoms with van der Waals surface area (Å²) in [5, 5.41) is 0.603. The van der Waals surface area contributed by atoms with Crippen LogP contribution in [0.1, 0.15) is 4.88 Å². The van der Waals surface area contributed by atoms with E-state index in [0.717, 1.165) is 17.2 Å². The summed E-state index contributed by atoms with van der Waals surface area (Å²) in [6, 6.07) is 2.00. The molecule has 0 radical (unpaired) electrons. The van der Waals surface area contributed by atoms with Gasteiger partial charge in [-0.25, -0.2) is 23.7 Å². The lowest BCUT2D eigenvalue weighted by molar-refractivity contribution is 0.395.